The maximum Gasteiger partial charge on any atom is 0.0662 e. The molecule has 0 radical (unpaired) electrons. The lowest BCUT2D eigenvalue weighted by Crippen LogP contribution is -1.95. The molecule has 100 valence electrons. The number of rotatable bonds is 2. The Morgan fingerprint density at radius 3 is 2.45 bits per heavy atom. The van der Waals surface area contributed by atoms with Crippen molar-refractivity contribution in [1.82, 2.24) is 0 Å². The van der Waals surface area contributed by atoms with Crippen LogP contribution in [0, 0.1) is 0 Å². The molecular weight excluding hydrogens is 399 g/mol. The van der Waals surface area contributed by atoms with Crippen LogP contribution >= 0.6 is 43.5 Å². The van der Waals surface area contributed by atoms with E-state index >= 15 is 0 Å². The Kier molecular flexibility index (Phi) is 4.16. The summed E-state index contributed by atoms with van der Waals surface area (Å²) in [5.41, 5.74) is 2.37. The van der Waals surface area contributed by atoms with Crippen LogP contribution in [0.5, 0.6) is 0 Å². The quantitative estimate of drug-likeness (QED) is 0.410. The van der Waals surface area contributed by atoms with E-state index in [0.717, 1.165) is 15.1 Å². The average Bonchev–Trinajstić information content (AvgIpc) is 2.48. The first-order valence-electron chi connectivity index (χ1n) is 6.23. The van der Waals surface area contributed by atoms with Crippen molar-refractivity contribution < 1.29 is 0 Å². The molecule has 0 heterocycles. The summed E-state index contributed by atoms with van der Waals surface area (Å²) in [6.07, 6.45) is 0. The molecule has 3 aromatic carbocycles. The highest BCUT2D eigenvalue weighted by Gasteiger charge is 2.16. The first kappa shape index (κ1) is 14.1. The van der Waals surface area contributed by atoms with E-state index < -0.39 is 0 Å². The van der Waals surface area contributed by atoms with Crippen LogP contribution in [0.1, 0.15) is 16.0 Å². The molecule has 3 aromatic rings. The highest BCUT2D eigenvalue weighted by Crippen LogP contribution is 2.39. The van der Waals surface area contributed by atoms with Gasteiger partial charge < -0.3 is 0 Å². The molecule has 3 heteroatoms. The molecule has 0 aromatic heterocycles. The van der Waals surface area contributed by atoms with Crippen LogP contribution < -0.4 is 0 Å². The van der Waals surface area contributed by atoms with Gasteiger partial charge in [0.2, 0.25) is 0 Å². The highest BCUT2D eigenvalue weighted by atomic mass is 79.9. The number of halogens is 3. The Balaban J connectivity index is 2.17. The molecule has 0 amide bonds. The first-order valence-corrected chi connectivity index (χ1v) is 8.32. The Morgan fingerprint density at radius 1 is 0.850 bits per heavy atom. The van der Waals surface area contributed by atoms with Gasteiger partial charge in [0, 0.05) is 9.50 Å². The van der Waals surface area contributed by atoms with Crippen LogP contribution in [0.4, 0.5) is 0 Å². The van der Waals surface area contributed by atoms with Crippen molar-refractivity contribution in [2.45, 2.75) is 4.83 Å². The predicted molar refractivity (Wildman–Crippen MR) is 93.9 cm³/mol. The number of fused-ring (bicyclic) bond motifs is 1. The van der Waals surface area contributed by atoms with E-state index in [1.165, 1.54) is 16.3 Å². The van der Waals surface area contributed by atoms with Gasteiger partial charge in [-0.1, -0.05) is 85.9 Å². The Bertz CT molecular complexity index is 763. The van der Waals surface area contributed by atoms with E-state index in [1.54, 1.807) is 0 Å². The third-order valence-corrected chi connectivity index (χ3v) is 5.27. The topological polar surface area (TPSA) is 0 Å². The maximum atomic E-state index is 6.12. The van der Waals surface area contributed by atoms with Gasteiger partial charge in [0.05, 0.1) is 4.83 Å². The molecule has 0 saturated heterocycles. The average molecular weight is 411 g/mol. The van der Waals surface area contributed by atoms with E-state index in [4.69, 9.17) is 11.6 Å². The first-order chi connectivity index (χ1) is 9.66. The molecule has 0 bridgehead atoms. The fourth-order valence-electron chi connectivity index (χ4n) is 2.35. The minimum absolute atomic E-state index is 0.0988. The fourth-order valence-corrected chi connectivity index (χ4v) is 4.09. The van der Waals surface area contributed by atoms with Crippen molar-refractivity contribution in [1.29, 1.82) is 0 Å². The van der Waals surface area contributed by atoms with Crippen molar-refractivity contribution in [3.05, 3.63) is 81.3 Å². The molecule has 0 spiro atoms. The number of hydrogen-bond acceptors (Lipinski definition) is 0. The van der Waals surface area contributed by atoms with Gasteiger partial charge in [-0.2, -0.15) is 0 Å². The van der Waals surface area contributed by atoms with Crippen LogP contribution in [-0.2, 0) is 0 Å². The molecule has 0 aliphatic heterocycles. The Hall–Kier alpha value is -0.830. The monoisotopic (exact) mass is 408 g/mol. The lowest BCUT2D eigenvalue weighted by atomic mass is 9.98. The molecule has 0 nitrogen and oxygen atoms in total. The zero-order valence-corrected chi connectivity index (χ0v) is 14.4. The van der Waals surface area contributed by atoms with E-state index in [-0.39, 0.29) is 4.83 Å². The second kappa shape index (κ2) is 5.88. The second-order valence-corrected chi connectivity index (χ2v) is 6.80. The van der Waals surface area contributed by atoms with Gasteiger partial charge in [-0.25, -0.2) is 0 Å². The summed E-state index contributed by atoms with van der Waals surface area (Å²) in [6, 6.07) is 20.6. The molecule has 0 aliphatic rings. The molecule has 1 atom stereocenters. The standard InChI is InChI=1S/C17H11Br2Cl/c18-16-9-8-12(20)10-15(16)17(19)14-7-3-5-11-4-1-2-6-13(11)14/h1-10,17H. The Labute approximate surface area is 140 Å². The van der Waals surface area contributed by atoms with Gasteiger partial charge >= 0.3 is 0 Å². The molecule has 20 heavy (non-hydrogen) atoms. The molecule has 0 N–H and O–H groups in total. The van der Waals surface area contributed by atoms with Crippen molar-refractivity contribution >= 4 is 54.2 Å². The minimum Gasteiger partial charge on any atom is -0.0843 e. The largest absolute Gasteiger partial charge is 0.0843 e. The van der Waals surface area contributed by atoms with E-state index in [2.05, 4.69) is 74.3 Å². The molecule has 0 aliphatic carbocycles. The van der Waals surface area contributed by atoms with Gasteiger partial charge in [0.15, 0.2) is 0 Å². The number of alkyl halides is 1. The minimum atomic E-state index is 0.0988. The van der Waals surface area contributed by atoms with Crippen molar-refractivity contribution in [3.63, 3.8) is 0 Å². The number of benzene rings is 3. The lowest BCUT2D eigenvalue weighted by molar-refractivity contribution is 1.18. The molecule has 0 fully saturated rings. The highest BCUT2D eigenvalue weighted by molar-refractivity contribution is 9.11. The molecule has 3 rings (SSSR count). The van der Waals surface area contributed by atoms with Crippen molar-refractivity contribution in [3.8, 4) is 0 Å². The molecule has 1 unspecified atom stereocenters. The van der Waals surface area contributed by atoms with Gasteiger partial charge in [-0.05, 0) is 40.1 Å². The van der Waals surface area contributed by atoms with Gasteiger partial charge in [0.1, 0.15) is 0 Å². The number of hydrogen-bond donors (Lipinski definition) is 0. The Morgan fingerprint density at radius 2 is 1.60 bits per heavy atom. The van der Waals surface area contributed by atoms with Gasteiger partial charge in [-0.15, -0.1) is 0 Å². The summed E-state index contributed by atoms with van der Waals surface area (Å²) in [4.78, 5) is 0.0988. The summed E-state index contributed by atoms with van der Waals surface area (Å²) in [5, 5.41) is 3.24. The van der Waals surface area contributed by atoms with Crippen molar-refractivity contribution in [2.24, 2.45) is 0 Å². The second-order valence-electron chi connectivity index (χ2n) is 4.60. The fraction of sp³-hybridized carbons (Fsp3) is 0.0588. The normalized spacial score (nSPS) is 12.6. The molecular formula is C17H11Br2Cl. The van der Waals surface area contributed by atoms with Crippen LogP contribution in [-0.4, -0.2) is 0 Å². The zero-order chi connectivity index (χ0) is 14.1. The van der Waals surface area contributed by atoms with E-state index in [0.29, 0.717) is 0 Å². The van der Waals surface area contributed by atoms with Crippen LogP contribution in [0.25, 0.3) is 10.8 Å². The lowest BCUT2D eigenvalue weighted by Gasteiger charge is -2.15. The summed E-state index contributed by atoms with van der Waals surface area (Å²) < 4.78 is 1.05. The summed E-state index contributed by atoms with van der Waals surface area (Å²) in [5.74, 6) is 0. The van der Waals surface area contributed by atoms with E-state index in [1.807, 2.05) is 18.2 Å². The van der Waals surface area contributed by atoms with Crippen molar-refractivity contribution in [2.75, 3.05) is 0 Å². The van der Waals surface area contributed by atoms with E-state index in [9.17, 15) is 0 Å². The smallest absolute Gasteiger partial charge is 0.0662 e. The third-order valence-electron chi connectivity index (χ3n) is 3.33. The summed E-state index contributed by atoms with van der Waals surface area (Å²) in [6.45, 7) is 0. The SMILES string of the molecule is Clc1ccc(Br)c(C(Br)c2cccc3ccccc23)c1. The third kappa shape index (κ3) is 2.65. The van der Waals surface area contributed by atoms with Crippen LogP contribution in [0.3, 0.4) is 0 Å². The zero-order valence-electron chi connectivity index (χ0n) is 10.5. The molecule has 0 saturated carbocycles. The van der Waals surface area contributed by atoms with Gasteiger partial charge in [0.25, 0.3) is 0 Å². The van der Waals surface area contributed by atoms with Crippen LogP contribution in [0.2, 0.25) is 5.02 Å². The summed E-state index contributed by atoms with van der Waals surface area (Å²) >= 11 is 13.5. The van der Waals surface area contributed by atoms with Crippen LogP contribution in [0.15, 0.2) is 65.1 Å². The predicted octanol–water partition coefficient (Wildman–Crippen LogP) is 6.74. The maximum absolute atomic E-state index is 6.12. The summed E-state index contributed by atoms with van der Waals surface area (Å²) in [7, 11) is 0. The van der Waals surface area contributed by atoms with Gasteiger partial charge in [-0.3, -0.25) is 0 Å².